The van der Waals surface area contributed by atoms with Gasteiger partial charge >= 0.3 is 0 Å². The smallest absolute Gasteiger partial charge is 0.131 e. The van der Waals surface area contributed by atoms with Gasteiger partial charge in [0.15, 0.2) is 0 Å². The number of nitrogens with zero attached hydrogens (tertiary/aromatic N) is 1. The number of thiazole rings is 1. The lowest BCUT2D eigenvalue weighted by atomic mass is 10.1. The molecule has 0 spiro atoms. The Morgan fingerprint density at radius 3 is 2.74 bits per heavy atom. The molecule has 1 aromatic heterocycles. The Labute approximate surface area is 140 Å². The van der Waals surface area contributed by atoms with E-state index in [1.54, 1.807) is 6.07 Å². The number of benzene rings is 2. The first-order valence-electron chi connectivity index (χ1n) is 6.75. The van der Waals surface area contributed by atoms with E-state index in [1.807, 2.05) is 24.3 Å². The Bertz CT molecular complexity index is 867. The lowest BCUT2D eigenvalue weighted by Gasteiger charge is -2.07. The zero-order valence-corrected chi connectivity index (χ0v) is 13.3. The lowest BCUT2D eigenvalue weighted by molar-refractivity contribution is -0.304. The molecule has 0 saturated carbocycles. The molecular weight excluding hydrogens is 337 g/mol. The highest BCUT2D eigenvalue weighted by atomic mass is 35.5. The number of hydrogen-bond donors (Lipinski definition) is 0. The fourth-order valence-electron chi connectivity index (χ4n) is 2.18. The molecular formula is C17H10ClFNO2S-. The molecule has 23 heavy (non-hydrogen) atoms. The van der Waals surface area contributed by atoms with E-state index in [0.717, 1.165) is 10.2 Å². The molecule has 0 atom stereocenters. The number of carbonyl (C=O) groups excluding carboxylic acids is 1. The molecule has 0 radical (unpaired) electrons. The van der Waals surface area contributed by atoms with Crippen LogP contribution < -0.4 is 5.11 Å². The van der Waals surface area contributed by atoms with Gasteiger partial charge < -0.3 is 9.90 Å². The standard InChI is InChI=1S/C17H11ClFNO2S/c18-12-4-3-5-13(19)11(12)8-10(9-16(21)22)17-20-14-6-1-2-7-15(14)23-17/h1-8H,9H2,(H,21,22)/p-1/b10-8+. The van der Waals surface area contributed by atoms with Crippen LogP contribution in [0.25, 0.3) is 21.9 Å². The topological polar surface area (TPSA) is 53.0 Å². The van der Waals surface area contributed by atoms with Crippen molar-refractivity contribution in [1.29, 1.82) is 0 Å². The molecule has 3 rings (SSSR count). The Kier molecular flexibility index (Phi) is 4.41. The molecule has 1 heterocycles. The van der Waals surface area contributed by atoms with Crippen molar-refractivity contribution in [2.24, 2.45) is 0 Å². The molecule has 116 valence electrons. The summed E-state index contributed by atoms with van der Waals surface area (Å²) in [7, 11) is 0. The van der Waals surface area contributed by atoms with E-state index in [9.17, 15) is 14.3 Å². The average Bonchev–Trinajstić information content (AvgIpc) is 2.93. The van der Waals surface area contributed by atoms with Gasteiger partial charge in [0.05, 0.1) is 15.2 Å². The summed E-state index contributed by atoms with van der Waals surface area (Å²) in [6.07, 6.45) is 1.05. The second kappa shape index (κ2) is 6.48. The lowest BCUT2D eigenvalue weighted by Crippen LogP contribution is -2.22. The SMILES string of the molecule is O=C([O-])C/C(=C\c1c(F)cccc1Cl)c1nc2ccccc2s1. The highest BCUT2D eigenvalue weighted by Gasteiger charge is 2.12. The van der Waals surface area contributed by atoms with Gasteiger partial charge in [0.1, 0.15) is 10.8 Å². The molecule has 6 heteroatoms. The van der Waals surface area contributed by atoms with Gasteiger partial charge in [-0.15, -0.1) is 11.3 Å². The minimum atomic E-state index is -1.26. The molecule has 0 fully saturated rings. The van der Waals surface area contributed by atoms with Gasteiger partial charge in [-0.05, 0) is 35.9 Å². The van der Waals surface area contributed by atoms with Crippen LogP contribution in [0.5, 0.6) is 0 Å². The third-order valence-electron chi connectivity index (χ3n) is 3.22. The summed E-state index contributed by atoms with van der Waals surface area (Å²) in [6, 6.07) is 11.8. The largest absolute Gasteiger partial charge is 0.550 e. The van der Waals surface area contributed by atoms with Crippen molar-refractivity contribution in [2.75, 3.05) is 0 Å². The molecule has 0 saturated heterocycles. The quantitative estimate of drug-likeness (QED) is 0.722. The summed E-state index contributed by atoms with van der Waals surface area (Å²) in [5, 5.41) is 11.8. The number of carbonyl (C=O) groups is 1. The number of hydrogen-bond acceptors (Lipinski definition) is 4. The maximum atomic E-state index is 14.0. The number of carboxylic acid groups (broad SMARTS) is 1. The van der Waals surface area contributed by atoms with Crippen LogP contribution in [0.1, 0.15) is 17.0 Å². The van der Waals surface area contributed by atoms with E-state index in [0.29, 0.717) is 10.6 Å². The third kappa shape index (κ3) is 3.41. The number of aromatic nitrogens is 1. The van der Waals surface area contributed by atoms with E-state index < -0.39 is 11.8 Å². The first-order valence-corrected chi connectivity index (χ1v) is 7.94. The van der Waals surface area contributed by atoms with Crippen LogP contribution in [0.2, 0.25) is 5.02 Å². The number of para-hydroxylation sites is 1. The van der Waals surface area contributed by atoms with Crippen LogP contribution in [-0.2, 0) is 4.79 Å². The number of halogens is 2. The highest BCUT2D eigenvalue weighted by Crippen LogP contribution is 2.32. The van der Waals surface area contributed by atoms with Gasteiger partial charge in [-0.3, -0.25) is 0 Å². The Morgan fingerprint density at radius 1 is 1.26 bits per heavy atom. The predicted molar refractivity (Wildman–Crippen MR) is 88.5 cm³/mol. The minimum Gasteiger partial charge on any atom is -0.550 e. The second-order valence-electron chi connectivity index (χ2n) is 4.84. The van der Waals surface area contributed by atoms with Crippen LogP contribution in [-0.4, -0.2) is 11.0 Å². The zero-order chi connectivity index (χ0) is 16.4. The number of carboxylic acids is 1. The summed E-state index contributed by atoms with van der Waals surface area (Å²) >= 11 is 7.35. The maximum Gasteiger partial charge on any atom is 0.131 e. The predicted octanol–water partition coefficient (Wildman–Crippen LogP) is 3.77. The van der Waals surface area contributed by atoms with E-state index in [2.05, 4.69) is 4.98 Å². The summed E-state index contributed by atoms with van der Waals surface area (Å²) in [4.78, 5) is 15.5. The van der Waals surface area contributed by atoms with Crippen molar-refractivity contribution in [3.8, 4) is 0 Å². The van der Waals surface area contributed by atoms with Crippen molar-refractivity contribution < 1.29 is 14.3 Å². The van der Waals surface area contributed by atoms with E-state index >= 15 is 0 Å². The van der Waals surface area contributed by atoms with Gasteiger partial charge in [-0.2, -0.15) is 0 Å². The van der Waals surface area contributed by atoms with Crippen molar-refractivity contribution >= 4 is 50.8 Å². The molecule has 0 aliphatic carbocycles. The van der Waals surface area contributed by atoms with Crippen molar-refractivity contribution in [1.82, 2.24) is 4.98 Å². The van der Waals surface area contributed by atoms with Gasteiger partial charge in [0, 0.05) is 18.0 Å². The van der Waals surface area contributed by atoms with Crippen LogP contribution >= 0.6 is 22.9 Å². The van der Waals surface area contributed by atoms with Gasteiger partial charge in [0.25, 0.3) is 0 Å². The highest BCUT2D eigenvalue weighted by molar-refractivity contribution is 7.19. The average molecular weight is 347 g/mol. The van der Waals surface area contributed by atoms with Crippen LogP contribution in [0.4, 0.5) is 4.39 Å². The summed E-state index contributed by atoms with van der Waals surface area (Å²) < 4.78 is 14.9. The van der Waals surface area contributed by atoms with E-state index in [4.69, 9.17) is 11.6 Å². The van der Waals surface area contributed by atoms with E-state index in [-0.39, 0.29) is 17.0 Å². The summed E-state index contributed by atoms with van der Waals surface area (Å²) in [5.74, 6) is -1.78. The molecule has 0 N–H and O–H groups in total. The van der Waals surface area contributed by atoms with Crippen LogP contribution in [0.15, 0.2) is 42.5 Å². The molecule has 2 aromatic carbocycles. The van der Waals surface area contributed by atoms with Gasteiger partial charge in [0.2, 0.25) is 0 Å². The van der Waals surface area contributed by atoms with Crippen molar-refractivity contribution in [2.45, 2.75) is 6.42 Å². The van der Waals surface area contributed by atoms with Crippen molar-refractivity contribution in [3.05, 3.63) is 63.9 Å². The fraction of sp³-hybridized carbons (Fsp3) is 0.0588. The molecule has 0 unspecified atom stereocenters. The monoisotopic (exact) mass is 346 g/mol. The molecule has 3 nitrogen and oxygen atoms in total. The molecule has 0 aliphatic rings. The fourth-order valence-corrected chi connectivity index (χ4v) is 3.37. The first kappa shape index (κ1) is 15.6. The van der Waals surface area contributed by atoms with Crippen molar-refractivity contribution in [3.63, 3.8) is 0 Å². The Hall–Kier alpha value is -2.24. The van der Waals surface area contributed by atoms with Gasteiger partial charge in [-0.1, -0.05) is 29.8 Å². The Morgan fingerprint density at radius 2 is 2.04 bits per heavy atom. The summed E-state index contributed by atoms with van der Waals surface area (Å²) in [5.41, 5.74) is 1.26. The minimum absolute atomic E-state index is 0.143. The molecule has 0 bridgehead atoms. The maximum absolute atomic E-state index is 14.0. The Balaban J connectivity index is 2.14. The van der Waals surface area contributed by atoms with Gasteiger partial charge in [-0.25, -0.2) is 9.37 Å². The third-order valence-corrected chi connectivity index (χ3v) is 4.66. The molecule has 0 aliphatic heterocycles. The van der Waals surface area contributed by atoms with Crippen LogP contribution in [0.3, 0.4) is 0 Å². The zero-order valence-electron chi connectivity index (χ0n) is 11.8. The summed E-state index contributed by atoms with van der Waals surface area (Å²) in [6.45, 7) is 0. The van der Waals surface area contributed by atoms with Crippen LogP contribution in [0, 0.1) is 5.82 Å². The normalized spacial score (nSPS) is 11.8. The first-order chi connectivity index (χ1) is 11.0. The number of rotatable bonds is 4. The second-order valence-corrected chi connectivity index (χ2v) is 6.28. The van der Waals surface area contributed by atoms with E-state index in [1.165, 1.54) is 29.5 Å². The number of aliphatic carboxylic acids is 1. The number of fused-ring (bicyclic) bond motifs is 1. The molecule has 0 amide bonds. The molecule has 3 aromatic rings.